The monoisotopic (exact) mass is 356 g/mol. The van der Waals surface area contributed by atoms with Gasteiger partial charge in [0.15, 0.2) is 6.61 Å². The third-order valence-electron chi connectivity index (χ3n) is 3.63. The average molecular weight is 356 g/mol. The molecule has 0 spiro atoms. The fourth-order valence-electron chi connectivity index (χ4n) is 2.21. The van der Waals surface area contributed by atoms with Crippen molar-refractivity contribution in [3.63, 3.8) is 0 Å². The summed E-state index contributed by atoms with van der Waals surface area (Å²) >= 11 is 0. The van der Waals surface area contributed by atoms with Gasteiger partial charge < -0.3 is 14.0 Å². The summed E-state index contributed by atoms with van der Waals surface area (Å²) in [5, 5.41) is 3.83. The number of esters is 1. The molecule has 134 valence electrons. The van der Waals surface area contributed by atoms with Gasteiger partial charge >= 0.3 is 5.97 Å². The smallest absolute Gasteiger partial charge is 0.338 e. The van der Waals surface area contributed by atoms with Crippen LogP contribution in [0.25, 0.3) is 11.4 Å². The van der Waals surface area contributed by atoms with Crippen LogP contribution in [0.15, 0.2) is 47.0 Å². The third kappa shape index (κ3) is 4.05. The molecule has 0 aliphatic heterocycles. The molecule has 0 aliphatic rings. The van der Waals surface area contributed by atoms with E-state index in [4.69, 9.17) is 14.0 Å². The average Bonchev–Trinajstić information content (AvgIpc) is 3.12. The number of nitrogens with zero attached hydrogens (tertiary/aromatic N) is 2. The van der Waals surface area contributed by atoms with Crippen molar-refractivity contribution < 1.29 is 23.2 Å². The first-order chi connectivity index (χ1) is 12.6. The molecule has 0 aliphatic carbocycles. The quantitative estimate of drug-likeness (QED) is 0.623. The van der Waals surface area contributed by atoms with Crippen molar-refractivity contribution in [1.82, 2.24) is 10.1 Å². The van der Waals surface area contributed by atoms with E-state index in [1.807, 2.05) is 0 Å². The molecule has 3 aromatic rings. The minimum atomic E-state index is -0.383. The lowest BCUT2D eigenvalue weighted by Gasteiger charge is -2.05. The van der Waals surface area contributed by atoms with E-state index < -0.39 is 0 Å². The van der Waals surface area contributed by atoms with Crippen molar-refractivity contribution >= 4 is 5.97 Å². The van der Waals surface area contributed by atoms with Crippen molar-refractivity contribution in [2.75, 3.05) is 6.61 Å². The van der Waals surface area contributed by atoms with Gasteiger partial charge in [-0.2, -0.15) is 4.98 Å². The lowest BCUT2D eigenvalue weighted by molar-refractivity contribution is 0.0526. The second-order valence-electron chi connectivity index (χ2n) is 5.51. The van der Waals surface area contributed by atoms with E-state index in [1.165, 1.54) is 6.07 Å². The zero-order valence-corrected chi connectivity index (χ0v) is 14.4. The van der Waals surface area contributed by atoms with E-state index in [-0.39, 0.29) is 24.3 Å². The Kier molecular flexibility index (Phi) is 5.26. The Morgan fingerprint density at radius 2 is 1.96 bits per heavy atom. The molecule has 0 bridgehead atoms. The second kappa shape index (κ2) is 7.77. The zero-order chi connectivity index (χ0) is 18.5. The number of hydrogen-bond donors (Lipinski definition) is 0. The summed E-state index contributed by atoms with van der Waals surface area (Å²) in [6, 6.07) is 11.3. The number of rotatable bonds is 6. The molecular weight excluding hydrogens is 339 g/mol. The van der Waals surface area contributed by atoms with Gasteiger partial charge in [0.2, 0.25) is 5.82 Å². The predicted octanol–water partition coefficient (Wildman–Crippen LogP) is 3.94. The standard InChI is InChI=1S/C19H17FN2O4/c1-3-24-19(23)13-6-8-15(9-7-13)25-11-17-21-18(22-26-17)14-5-4-12(2)16(20)10-14/h4-10H,3,11H2,1-2H3. The lowest BCUT2D eigenvalue weighted by Crippen LogP contribution is -2.04. The topological polar surface area (TPSA) is 74.5 Å². The highest BCUT2D eigenvalue weighted by Crippen LogP contribution is 2.20. The summed E-state index contributed by atoms with van der Waals surface area (Å²) < 4.78 is 29.2. The molecule has 0 N–H and O–H groups in total. The van der Waals surface area contributed by atoms with Crippen LogP contribution in [0.4, 0.5) is 4.39 Å². The molecule has 1 heterocycles. The van der Waals surface area contributed by atoms with Crippen LogP contribution in [0, 0.1) is 12.7 Å². The summed E-state index contributed by atoms with van der Waals surface area (Å²) in [5.41, 5.74) is 1.52. The maximum atomic E-state index is 13.6. The lowest BCUT2D eigenvalue weighted by atomic mass is 10.1. The Labute approximate surface area is 149 Å². The van der Waals surface area contributed by atoms with Crippen LogP contribution >= 0.6 is 0 Å². The summed E-state index contributed by atoms with van der Waals surface area (Å²) in [6.07, 6.45) is 0. The molecule has 0 fully saturated rings. The molecule has 26 heavy (non-hydrogen) atoms. The number of aryl methyl sites for hydroxylation is 1. The van der Waals surface area contributed by atoms with Gasteiger partial charge in [0.25, 0.3) is 5.89 Å². The van der Waals surface area contributed by atoms with Crippen LogP contribution in [0.2, 0.25) is 0 Å². The van der Waals surface area contributed by atoms with Crippen LogP contribution in [-0.2, 0) is 11.3 Å². The van der Waals surface area contributed by atoms with Crippen molar-refractivity contribution in [1.29, 1.82) is 0 Å². The van der Waals surface area contributed by atoms with Gasteiger partial charge in [-0.1, -0.05) is 17.3 Å². The number of carbonyl (C=O) groups excluding carboxylic acids is 1. The fraction of sp³-hybridized carbons (Fsp3) is 0.211. The second-order valence-corrected chi connectivity index (χ2v) is 5.51. The van der Waals surface area contributed by atoms with Crippen LogP contribution in [0.1, 0.15) is 28.7 Å². The van der Waals surface area contributed by atoms with E-state index in [2.05, 4.69) is 10.1 Å². The van der Waals surface area contributed by atoms with Gasteiger partial charge in [-0.05, 0) is 49.7 Å². The van der Waals surface area contributed by atoms with E-state index in [1.54, 1.807) is 50.2 Å². The molecule has 6 nitrogen and oxygen atoms in total. The first-order valence-electron chi connectivity index (χ1n) is 8.06. The van der Waals surface area contributed by atoms with Crippen molar-refractivity contribution in [3.8, 4) is 17.1 Å². The fourth-order valence-corrected chi connectivity index (χ4v) is 2.21. The van der Waals surface area contributed by atoms with E-state index in [0.717, 1.165) is 0 Å². The van der Waals surface area contributed by atoms with Gasteiger partial charge in [0, 0.05) is 5.56 Å². The Bertz CT molecular complexity index is 906. The van der Waals surface area contributed by atoms with Gasteiger partial charge in [0.05, 0.1) is 12.2 Å². The first-order valence-corrected chi connectivity index (χ1v) is 8.06. The molecule has 0 saturated heterocycles. The summed E-state index contributed by atoms with van der Waals surface area (Å²) in [5.74, 6) is 0.382. The largest absolute Gasteiger partial charge is 0.484 e. The highest BCUT2D eigenvalue weighted by atomic mass is 19.1. The SMILES string of the molecule is CCOC(=O)c1ccc(OCc2nc(-c3ccc(C)c(F)c3)no2)cc1. The molecule has 0 radical (unpaired) electrons. The first kappa shape index (κ1) is 17.6. The van der Waals surface area contributed by atoms with Crippen LogP contribution in [0.3, 0.4) is 0 Å². The molecule has 2 aromatic carbocycles. The number of hydrogen-bond acceptors (Lipinski definition) is 6. The van der Waals surface area contributed by atoms with Gasteiger partial charge in [-0.3, -0.25) is 0 Å². The number of carbonyl (C=O) groups is 1. The minimum absolute atomic E-state index is 0.0557. The molecule has 0 unspecified atom stereocenters. The highest BCUT2D eigenvalue weighted by molar-refractivity contribution is 5.89. The molecule has 3 rings (SSSR count). The Balaban J connectivity index is 1.63. The van der Waals surface area contributed by atoms with Gasteiger partial charge in [-0.25, -0.2) is 9.18 Å². The van der Waals surface area contributed by atoms with Gasteiger partial charge in [0.1, 0.15) is 11.6 Å². The Hall–Kier alpha value is -3.22. The maximum absolute atomic E-state index is 13.6. The molecule has 7 heteroatoms. The molecule has 0 amide bonds. The van der Waals surface area contributed by atoms with Crippen LogP contribution in [-0.4, -0.2) is 22.7 Å². The summed E-state index contributed by atoms with van der Waals surface area (Å²) in [6.45, 7) is 3.81. The summed E-state index contributed by atoms with van der Waals surface area (Å²) in [7, 11) is 0. The maximum Gasteiger partial charge on any atom is 0.338 e. The third-order valence-corrected chi connectivity index (χ3v) is 3.63. The highest BCUT2D eigenvalue weighted by Gasteiger charge is 2.11. The zero-order valence-electron chi connectivity index (χ0n) is 14.4. The van der Waals surface area contributed by atoms with Crippen molar-refractivity contribution in [2.24, 2.45) is 0 Å². The van der Waals surface area contributed by atoms with E-state index in [0.29, 0.717) is 34.9 Å². The minimum Gasteiger partial charge on any atom is -0.484 e. The molecule has 0 atom stereocenters. The molecule has 0 saturated carbocycles. The Morgan fingerprint density at radius 1 is 1.19 bits per heavy atom. The number of aromatic nitrogens is 2. The van der Waals surface area contributed by atoms with Gasteiger partial charge in [-0.15, -0.1) is 0 Å². The molecule has 1 aromatic heterocycles. The molecular formula is C19H17FN2O4. The summed E-state index contributed by atoms with van der Waals surface area (Å²) in [4.78, 5) is 15.8. The van der Waals surface area contributed by atoms with Crippen molar-refractivity contribution in [3.05, 3.63) is 65.3 Å². The predicted molar refractivity (Wildman–Crippen MR) is 91.2 cm³/mol. The Morgan fingerprint density at radius 3 is 2.65 bits per heavy atom. The number of ether oxygens (including phenoxy) is 2. The van der Waals surface area contributed by atoms with Crippen LogP contribution < -0.4 is 4.74 Å². The van der Waals surface area contributed by atoms with Crippen LogP contribution in [0.5, 0.6) is 5.75 Å². The normalized spacial score (nSPS) is 10.6. The van der Waals surface area contributed by atoms with E-state index >= 15 is 0 Å². The van der Waals surface area contributed by atoms with Crippen molar-refractivity contribution in [2.45, 2.75) is 20.5 Å². The number of benzene rings is 2. The van der Waals surface area contributed by atoms with E-state index in [9.17, 15) is 9.18 Å². The number of halogens is 1.